The number of hydrogen-bond acceptors (Lipinski definition) is 2. The molecule has 0 N–H and O–H groups in total. The smallest absolute Gasteiger partial charge is 0.225 e. The van der Waals surface area contributed by atoms with Crippen LogP contribution >= 0.6 is 0 Å². The van der Waals surface area contributed by atoms with Gasteiger partial charge >= 0.3 is 0 Å². The normalized spacial score (nSPS) is 12.2. The molecule has 0 aliphatic carbocycles. The Bertz CT molecular complexity index is 255. The Labute approximate surface area is 106 Å². The fraction of sp³-hybridized carbons (Fsp3) is 0.857. The minimum atomic E-state index is 0.0902. The van der Waals surface area contributed by atoms with E-state index in [4.69, 9.17) is 5.26 Å². The maximum atomic E-state index is 12.2. The zero-order valence-corrected chi connectivity index (χ0v) is 11.7. The predicted molar refractivity (Wildman–Crippen MR) is 70.3 cm³/mol. The monoisotopic (exact) mass is 238 g/mol. The summed E-state index contributed by atoms with van der Waals surface area (Å²) < 4.78 is 0. The molecule has 1 amide bonds. The van der Waals surface area contributed by atoms with Crippen molar-refractivity contribution in [2.45, 2.75) is 53.4 Å². The van der Waals surface area contributed by atoms with Crippen LogP contribution in [-0.4, -0.2) is 23.9 Å². The van der Waals surface area contributed by atoms with Gasteiger partial charge in [-0.15, -0.1) is 0 Å². The summed E-state index contributed by atoms with van der Waals surface area (Å²) in [5, 5.41) is 8.62. The third-order valence-corrected chi connectivity index (χ3v) is 2.80. The van der Waals surface area contributed by atoms with E-state index in [1.165, 1.54) is 0 Å². The molecule has 3 nitrogen and oxygen atoms in total. The van der Waals surface area contributed by atoms with Crippen molar-refractivity contribution in [1.82, 2.24) is 4.90 Å². The average Bonchev–Trinajstić information content (AvgIpc) is 2.29. The summed E-state index contributed by atoms with van der Waals surface area (Å²) in [5.41, 5.74) is 0. The molecular weight excluding hydrogens is 212 g/mol. The van der Waals surface area contributed by atoms with Gasteiger partial charge in [0, 0.05) is 19.0 Å². The van der Waals surface area contributed by atoms with Crippen molar-refractivity contribution in [1.29, 1.82) is 5.26 Å². The fourth-order valence-corrected chi connectivity index (χ4v) is 1.86. The van der Waals surface area contributed by atoms with E-state index >= 15 is 0 Å². The highest BCUT2D eigenvalue weighted by molar-refractivity contribution is 5.78. The van der Waals surface area contributed by atoms with Gasteiger partial charge in [-0.2, -0.15) is 5.26 Å². The van der Waals surface area contributed by atoms with Crippen LogP contribution in [0.4, 0.5) is 0 Å². The van der Waals surface area contributed by atoms with Crippen molar-refractivity contribution in [3.8, 4) is 6.07 Å². The van der Waals surface area contributed by atoms with E-state index in [1.54, 1.807) is 0 Å². The Morgan fingerprint density at radius 2 is 2.00 bits per heavy atom. The molecule has 0 fully saturated rings. The van der Waals surface area contributed by atoms with Gasteiger partial charge in [-0.25, -0.2) is 0 Å². The maximum Gasteiger partial charge on any atom is 0.225 e. The number of amides is 1. The van der Waals surface area contributed by atoms with Crippen LogP contribution in [0.5, 0.6) is 0 Å². The molecule has 0 aromatic carbocycles. The van der Waals surface area contributed by atoms with E-state index in [0.29, 0.717) is 18.9 Å². The number of nitrogens with zero attached hydrogens (tertiary/aromatic N) is 2. The predicted octanol–water partition coefficient (Wildman–Crippen LogP) is 3.21. The molecule has 0 heterocycles. The van der Waals surface area contributed by atoms with Gasteiger partial charge in [0.15, 0.2) is 0 Å². The average molecular weight is 238 g/mol. The molecule has 0 aromatic heterocycles. The van der Waals surface area contributed by atoms with E-state index in [1.807, 2.05) is 11.8 Å². The van der Waals surface area contributed by atoms with Crippen LogP contribution < -0.4 is 0 Å². The largest absolute Gasteiger partial charge is 0.341 e. The van der Waals surface area contributed by atoms with E-state index in [0.717, 1.165) is 25.8 Å². The lowest BCUT2D eigenvalue weighted by molar-refractivity contribution is -0.135. The minimum Gasteiger partial charge on any atom is -0.341 e. The molecule has 0 saturated carbocycles. The molecule has 98 valence electrons. The van der Waals surface area contributed by atoms with Crippen molar-refractivity contribution < 1.29 is 4.79 Å². The molecule has 0 saturated heterocycles. The summed E-state index contributed by atoms with van der Waals surface area (Å²) in [6.07, 6.45) is 3.61. The highest BCUT2D eigenvalue weighted by Gasteiger charge is 2.20. The highest BCUT2D eigenvalue weighted by Crippen LogP contribution is 2.13. The Balaban J connectivity index is 4.34. The first-order chi connectivity index (χ1) is 8.02. The van der Waals surface area contributed by atoms with E-state index in [2.05, 4.69) is 26.8 Å². The summed E-state index contributed by atoms with van der Waals surface area (Å²) in [6.45, 7) is 9.67. The van der Waals surface area contributed by atoms with Gasteiger partial charge in [-0.1, -0.05) is 40.5 Å². The van der Waals surface area contributed by atoms with Gasteiger partial charge in [0.25, 0.3) is 0 Å². The standard InChI is InChI=1S/C14H26N2O/c1-5-6-8-13(4)14(17)16(10-7-9-15)11-12(2)3/h12-13H,5-8,10-11H2,1-4H3. The van der Waals surface area contributed by atoms with Crippen LogP contribution in [0.2, 0.25) is 0 Å². The second-order valence-corrected chi connectivity index (χ2v) is 5.13. The van der Waals surface area contributed by atoms with Crippen LogP contribution in [0.3, 0.4) is 0 Å². The third-order valence-electron chi connectivity index (χ3n) is 2.80. The number of carbonyl (C=O) groups is 1. The molecule has 0 aromatic rings. The number of rotatable bonds is 8. The lowest BCUT2D eigenvalue weighted by Crippen LogP contribution is -2.38. The molecule has 0 aliphatic heterocycles. The maximum absolute atomic E-state index is 12.2. The van der Waals surface area contributed by atoms with Gasteiger partial charge in [-0.05, 0) is 12.3 Å². The van der Waals surface area contributed by atoms with Crippen molar-refractivity contribution in [2.75, 3.05) is 13.1 Å². The van der Waals surface area contributed by atoms with Crippen LogP contribution in [-0.2, 0) is 4.79 Å². The minimum absolute atomic E-state index is 0.0902. The lowest BCUT2D eigenvalue weighted by atomic mass is 10.0. The van der Waals surface area contributed by atoms with E-state index in [-0.39, 0.29) is 11.8 Å². The molecule has 0 aliphatic rings. The quantitative estimate of drug-likeness (QED) is 0.651. The van der Waals surface area contributed by atoms with E-state index < -0.39 is 0 Å². The highest BCUT2D eigenvalue weighted by atomic mass is 16.2. The van der Waals surface area contributed by atoms with Gasteiger partial charge in [0.1, 0.15) is 0 Å². The molecule has 1 atom stereocenters. The molecule has 0 bridgehead atoms. The summed E-state index contributed by atoms with van der Waals surface area (Å²) >= 11 is 0. The Kier molecular flexibility index (Phi) is 8.49. The van der Waals surface area contributed by atoms with Crippen molar-refractivity contribution in [3.05, 3.63) is 0 Å². The summed E-state index contributed by atoms with van der Waals surface area (Å²) in [7, 11) is 0. The molecule has 0 rings (SSSR count). The molecule has 3 heteroatoms. The molecule has 1 unspecified atom stereocenters. The van der Waals surface area contributed by atoms with Crippen LogP contribution in [0.25, 0.3) is 0 Å². The Hall–Kier alpha value is -1.04. The summed E-state index contributed by atoms with van der Waals surface area (Å²) in [5.74, 6) is 0.755. The first kappa shape index (κ1) is 16.0. The topological polar surface area (TPSA) is 44.1 Å². The first-order valence-corrected chi connectivity index (χ1v) is 6.68. The van der Waals surface area contributed by atoms with Crippen molar-refractivity contribution >= 4 is 5.91 Å². The van der Waals surface area contributed by atoms with Crippen molar-refractivity contribution in [2.24, 2.45) is 11.8 Å². The number of unbranched alkanes of at least 4 members (excludes halogenated alkanes) is 1. The molecular formula is C14H26N2O. The number of carbonyl (C=O) groups excluding carboxylic acids is 1. The zero-order valence-electron chi connectivity index (χ0n) is 11.7. The number of hydrogen-bond donors (Lipinski definition) is 0. The second-order valence-electron chi connectivity index (χ2n) is 5.13. The Morgan fingerprint density at radius 1 is 1.35 bits per heavy atom. The molecule has 0 spiro atoms. The Morgan fingerprint density at radius 3 is 2.47 bits per heavy atom. The van der Waals surface area contributed by atoms with Crippen molar-refractivity contribution in [3.63, 3.8) is 0 Å². The SMILES string of the molecule is CCCCC(C)C(=O)N(CCC#N)CC(C)C. The number of nitriles is 1. The zero-order chi connectivity index (χ0) is 13.3. The van der Waals surface area contributed by atoms with Crippen LogP contribution in [0, 0.1) is 23.2 Å². The summed E-state index contributed by atoms with van der Waals surface area (Å²) in [4.78, 5) is 14.1. The molecule has 17 heavy (non-hydrogen) atoms. The van der Waals surface area contributed by atoms with Crippen LogP contribution in [0.1, 0.15) is 53.4 Å². The van der Waals surface area contributed by atoms with Crippen LogP contribution in [0.15, 0.2) is 0 Å². The van der Waals surface area contributed by atoms with Gasteiger partial charge < -0.3 is 4.90 Å². The van der Waals surface area contributed by atoms with Gasteiger partial charge in [0.2, 0.25) is 5.91 Å². The third kappa shape index (κ3) is 6.99. The first-order valence-electron chi connectivity index (χ1n) is 6.68. The molecule has 0 radical (unpaired) electrons. The lowest BCUT2D eigenvalue weighted by Gasteiger charge is -2.26. The summed E-state index contributed by atoms with van der Waals surface area (Å²) in [6, 6.07) is 2.11. The fourth-order valence-electron chi connectivity index (χ4n) is 1.86. The van der Waals surface area contributed by atoms with Gasteiger partial charge in [-0.3, -0.25) is 4.79 Å². The van der Waals surface area contributed by atoms with Gasteiger partial charge in [0.05, 0.1) is 12.5 Å². The second kappa shape index (κ2) is 9.04. The van der Waals surface area contributed by atoms with E-state index in [9.17, 15) is 4.79 Å².